The zero-order valence-corrected chi connectivity index (χ0v) is 20.2. The van der Waals surface area contributed by atoms with E-state index >= 15 is 0 Å². The Bertz CT molecular complexity index is 1050. The Morgan fingerprint density at radius 2 is 1.45 bits per heavy atom. The Hall–Kier alpha value is -2.68. The lowest BCUT2D eigenvalue weighted by Gasteiger charge is -2.30. The minimum absolute atomic E-state index is 0.0151. The van der Waals surface area contributed by atoms with Crippen LogP contribution in [0.25, 0.3) is 10.9 Å². The molecule has 0 unspecified atom stereocenters. The highest BCUT2D eigenvalue weighted by Crippen LogP contribution is 2.36. The van der Waals surface area contributed by atoms with Gasteiger partial charge in [-0.25, -0.2) is 0 Å². The summed E-state index contributed by atoms with van der Waals surface area (Å²) >= 11 is 0. The highest BCUT2D eigenvalue weighted by atomic mass is 16.1. The summed E-state index contributed by atoms with van der Waals surface area (Å²) < 4.78 is 0. The average Bonchev–Trinajstić information content (AvgIpc) is 2.69. The van der Waals surface area contributed by atoms with Gasteiger partial charge in [-0.15, -0.1) is 0 Å². The van der Waals surface area contributed by atoms with Crippen molar-refractivity contribution in [2.75, 3.05) is 0 Å². The molecule has 31 heavy (non-hydrogen) atoms. The van der Waals surface area contributed by atoms with Crippen molar-refractivity contribution in [3.63, 3.8) is 0 Å². The summed E-state index contributed by atoms with van der Waals surface area (Å²) in [4.78, 5) is 17.1. The van der Waals surface area contributed by atoms with Gasteiger partial charge in [-0.1, -0.05) is 90.9 Å². The molecule has 3 heteroatoms. The van der Waals surface area contributed by atoms with E-state index in [0.29, 0.717) is 0 Å². The van der Waals surface area contributed by atoms with E-state index in [-0.39, 0.29) is 28.7 Å². The fraction of sp³-hybridized carbons (Fsp3) is 0.429. The molecule has 0 radical (unpaired) electrons. The average molecular weight is 417 g/mol. The van der Waals surface area contributed by atoms with E-state index < -0.39 is 0 Å². The van der Waals surface area contributed by atoms with Gasteiger partial charge in [0.05, 0.1) is 11.6 Å². The number of hydrogen-bond acceptors (Lipinski definition) is 2. The first-order valence-electron chi connectivity index (χ1n) is 11.1. The molecule has 2 atom stereocenters. The number of aromatic nitrogens is 1. The van der Waals surface area contributed by atoms with Crippen LogP contribution in [0.1, 0.15) is 89.7 Å². The number of carbonyl (C=O) groups excluding carboxylic acids is 1. The van der Waals surface area contributed by atoms with Crippen LogP contribution in [0.4, 0.5) is 0 Å². The molecule has 1 aromatic heterocycles. The summed E-state index contributed by atoms with van der Waals surface area (Å²) in [6, 6.07) is 19.0. The molecule has 0 bridgehead atoms. The molecule has 0 fully saturated rings. The zero-order chi connectivity index (χ0) is 23.0. The molecule has 1 heterocycles. The maximum Gasteiger partial charge on any atom is 0.217 e. The van der Waals surface area contributed by atoms with Gasteiger partial charge in [0.1, 0.15) is 0 Å². The van der Waals surface area contributed by atoms with Crippen molar-refractivity contribution in [2.24, 2.45) is 0 Å². The van der Waals surface area contributed by atoms with E-state index in [9.17, 15) is 4.79 Å². The third kappa shape index (κ3) is 5.33. The first-order valence-corrected chi connectivity index (χ1v) is 11.1. The smallest absolute Gasteiger partial charge is 0.217 e. The number of hydrogen-bond donors (Lipinski definition) is 1. The number of fused-ring (bicyclic) bond motifs is 1. The summed E-state index contributed by atoms with van der Waals surface area (Å²) in [6.45, 7) is 17.2. The summed E-state index contributed by atoms with van der Waals surface area (Å²) in [5.74, 6) is -0.00680. The van der Waals surface area contributed by atoms with Gasteiger partial charge in [0.25, 0.3) is 0 Å². The van der Waals surface area contributed by atoms with Crippen LogP contribution in [0.2, 0.25) is 0 Å². The van der Waals surface area contributed by atoms with E-state index in [2.05, 4.69) is 90.2 Å². The number of para-hydroxylation sites is 1. The SMILES string of the molecule is CC(=O)N[C@@H](c1cc(C(C)(C)C)cc(C(C)(C)C)c1)[C@@H](C)c1ccc2ccccc2n1. The molecule has 0 aliphatic heterocycles. The van der Waals surface area contributed by atoms with Crippen molar-refractivity contribution in [1.29, 1.82) is 0 Å². The molecular weight excluding hydrogens is 380 g/mol. The topological polar surface area (TPSA) is 42.0 Å². The van der Waals surface area contributed by atoms with E-state index in [1.165, 1.54) is 11.1 Å². The highest BCUT2D eigenvalue weighted by Gasteiger charge is 2.27. The fourth-order valence-corrected chi connectivity index (χ4v) is 3.92. The Labute approximate surface area is 187 Å². The Morgan fingerprint density at radius 3 is 2.00 bits per heavy atom. The number of pyridine rings is 1. The van der Waals surface area contributed by atoms with Gasteiger partial charge in [-0.05, 0) is 39.7 Å². The third-order valence-corrected chi connectivity index (χ3v) is 5.99. The van der Waals surface area contributed by atoms with Gasteiger partial charge in [0, 0.05) is 23.9 Å². The largest absolute Gasteiger partial charge is 0.349 e. The third-order valence-electron chi connectivity index (χ3n) is 5.99. The van der Waals surface area contributed by atoms with Gasteiger partial charge < -0.3 is 5.32 Å². The van der Waals surface area contributed by atoms with Gasteiger partial charge >= 0.3 is 0 Å². The van der Waals surface area contributed by atoms with Gasteiger partial charge in [0.2, 0.25) is 5.91 Å². The van der Waals surface area contributed by atoms with E-state index in [1.54, 1.807) is 6.92 Å². The Balaban J connectivity index is 2.14. The van der Waals surface area contributed by atoms with Crippen LogP contribution in [0.5, 0.6) is 0 Å². The molecule has 3 aromatic rings. The van der Waals surface area contributed by atoms with Crippen LogP contribution < -0.4 is 5.32 Å². The van der Waals surface area contributed by atoms with Crippen LogP contribution >= 0.6 is 0 Å². The minimum Gasteiger partial charge on any atom is -0.349 e. The van der Waals surface area contributed by atoms with Crippen molar-refractivity contribution in [1.82, 2.24) is 10.3 Å². The van der Waals surface area contributed by atoms with E-state index in [1.807, 2.05) is 18.2 Å². The van der Waals surface area contributed by atoms with Crippen LogP contribution in [0.3, 0.4) is 0 Å². The lowest BCUT2D eigenvalue weighted by Crippen LogP contribution is -2.31. The second-order valence-corrected chi connectivity index (χ2v) is 10.7. The Kier molecular flexibility index (Phi) is 6.27. The predicted octanol–water partition coefficient (Wildman–Crippen LogP) is 6.81. The molecule has 0 saturated heterocycles. The number of amides is 1. The lowest BCUT2D eigenvalue weighted by molar-refractivity contribution is -0.119. The maximum atomic E-state index is 12.2. The molecule has 3 nitrogen and oxygen atoms in total. The normalized spacial score (nSPS) is 14.3. The molecule has 0 spiro atoms. The molecule has 0 aliphatic carbocycles. The zero-order valence-electron chi connectivity index (χ0n) is 20.2. The van der Waals surface area contributed by atoms with Crippen LogP contribution in [-0.4, -0.2) is 10.9 Å². The van der Waals surface area contributed by atoms with Crippen molar-refractivity contribution >= 4 is 16.8 Å². The number of carbonyl (C=O) groups is 1. The van der Waals surface area contributed by atoms with E-state index in [0.717, 1.165) is 22.2 Å². The van der Waals surface area contributed by atoms with Crippen LogP contribution in [0.15, 0.2) is 54.6 Å². The van der Waals surface area contributed by atoms with Crippen molar-refractivity contribution in [2.45, 2.75) is 78.2 Å². The number of nitrogens with zero attached hydrogens (tertiary/aromatic N) is 1. The summed E-state index contributed by atoms with van der Waals surface area (Å²) in [5.41, 5.74) is 5.69. The number of benzene rings is 2. The summed E-state index contributed by atoms with van der Waals surface area (Å²) in [6.07, 6.45) is 0. The van der Waals surface area contributed by atoms with Gasteiger partial charge in [0.15, 0.2) is 0 Å². The monoisotopic (exact) mass is 416 g/mol. The van der Waals surface area contributed by atoms with Crippen molar-refractivity contribution < 1.29 is 4.79 Å². The lowest BCUT2D eigenvalue weighted by atomic mass is 9.77. The first kappa shape index (κ1) is 23.0. The maximum absolute atomic E-state index is 12.2. The predicted molar refractivity (Wildman–Crippen MR) is 131 cm³/mol. The molecule has 2 aromatic carbocycles. The highest BCUT2D eigenvalue weighted by molar-refractivity contribution is 5.78. The number of nitrogens with one attached hydrogen (secondary N) is 1. The molecule has 1 amide bonds. The van der Waals surface area contributed by atoms with Crippen LogP contribution in [-0.2, 0) is 15.6 Å². The van der Waals surface area contributed by atoms with Crippen LogP contribution in [0, 0.1) is 0 Å². The van der Waals surface area contributed by atoms with Gasteiger partial charge in [-0.2, -0.15) is 0 Å². The Morgan fingerprint density at radius 1 is 0.871 bits per heavy atom. The quantitative estimate of drug-likeness (QED) is 0.507. The fourth-order valence-electron chi connectivity index (χ4n) is 3.92. The summed E-state index contributed by atoms with van der Waals surface area (Å²) in [5, 5.41) is 4.35. The number of rotatable bonds is 4. The standard InChI is InChI=1S/C28H36N2O/c1-18(24-14-13-20-11-9-10-12-25(20)30-24)26(29-19(2)31)21-15-22(27(3,4)5)17-23(16-21)28(6,7)8/h9-18,26H,1-8H3,(H,29,31)/t18-,26+/m0/s1. The molecule has 0 saturated carbocycles. The summed E-state index contributed by atoms with van der Waals surface area (Å²) in [7, 11) is 0. The van der Waals surface area contributed by atoms with Crippen molar-refractivity contribution in [3.8, 4) is 0 Å². The second-order valence-electron chi connectivity index (χ2n) is 10.7. The molecule has 164 valence electrons. The molecular formula is C28H36N2O. The first-order chi connectivity index (χ1) is 14.4. The minimum atomic E-state index is -0.158. The molecule has 3 rings (SSSR count). The molecule has 1 N–H and O–H groups in total. The second kappa shape index (κ2) is 8.45. The van der Waals surface area contributed by atoms with E-state index in [4.69, 9.17) is 4.98 Å². The molecule has 0 aliphatic rings. The van der Waals surface area contributed by atoms with Crippen molar-refractivity contribution in [3.05, 3.63) is 77.0 Å². The van der Waals surface area contributed by atoms with Gasteiger partial charge in [-0.3, -0.25) is 9.78 Å².